The maximum Gasteiger partial charge on any atom is 0.111 e. The largest absolute Gasteiger partial charge is 0.305 e. The van der Waals surface area contributed by atoms with Crippen LogP contribution in [0.5, 0.6) is 0 Å². The van der Waals surface area contributed by atoms with Crippen LogP contribution >= 0.6 is 11.3 Å². The molecule has 1 aliphatic rings. The molecule has 120 valence electrons. The second-order valence-electron chi connectivity index (χ2n) is 6.06. The van der Waals surface area contributed by atoms with Crippen molar-refractivity contribution in [2.45, 2.75) is 56.9 Å². The molecule has 0 radical (unpaired) electrons. The summed E-state index contributed by atoms with van der Waals surface area (Å²) in [5.74, 6) is 0.783. The van der Waals surface area contributed by atoms with E-state index < -0.39 is 10.8 Å². The molecule has 1 saturated carbocycles. The summed E-state index contributed by atoms with van der Waals surface area (Å²) >= 11 is 1.77. The van der Waals surface area contributed by atoms with Crippen molar-refractivity contribution in [1.29, 1.82) is 0 Å². The second-order valence-corrected chi connectivity index (χ2v) is 9.13. The summed E-state index contributed by atoms with van der Waals surface area (Å²) in [6.45, 7) is 4.22. The van der Waals surface area contributed by atoms with Crippen LogP contribution in [0.15, 0.2) is 24.3 Å². The maximum atomic E-state index is 12.1. The normalized spacial score (nSPS) is 25.2. The van der Waals surface area contributed by atoms with Crippen LogP contribution < -0.4 is 5.32 Å². The molecule has 2 aromatic rings. The van der Waals surface area contributed by atoms with Crippen molar-refractivity contribution in [2.75, 3.05) is 5.75 Å². The van der Waals surface area contributed by atoms with Gasteiger partial charge in [-0.1, -0.05) is 25.5 Å². The summed E-state index contributed by atoms with van der Waals surface area (Å²) in [6, 6.07) is 9.03. The first-order chi connectivity index (χ1) is 10.7. The minimum Gasteiger partial charge on any atom is -0.305 e. The van der Waals surface area contributed by atoms with Gasteiger partial charge in [0, 0.05) is 27.8 Å². The van der Waals surface area contributed by atoms with E-state index in [0.717, 1.165) is 29.1 Å². The molecule has 1 aromatic heterocycles. The Kier molecular flexibility index (Phi) is 5.26. The minimum atomic E-state index is -0.659. The second kappa shape index (κ2) is 7.20. The van der Waals surface area contributed by atoms with E-state index >= 15 is 0 Å². The van der Waals surface area contributed by atoms with Crippen LogP contribution in [-0.2, 0) is 10.8 Å². The molecular weight excluding hydrogens is 312 g/mol. The van der Waals surface area contributed by atoms with Crippen LogP contribution in [-0.4, -0.2) is 26.2 Å². The predicted molar refractivity (Wildman–Crippen MR) is 95.9 cm³/mol. The number of thiazole rings is 1. The first-order valence-electron chi connectivity index (χ1n) is 8.16. The standard InChI is InChI=1S/C17H24N2OS2/c1-3-22(20)14-8-6-7-13(11-14)18-12(2)17-19-15-9-4-5-10-16(15)21-17/h4-5,9-10,12-14,18H,3,6-8,11H2,1-2H3/t12-,13-,14+,22+/m0/s1. The van der Waals surface area contributed by atoms with Crippen molar-refractivity contribution in [1.82, 2.24) is 10.3 Å². The fraction of sp³-hybridized carbons (Fsp3) is 0.588. The molecular formula is C17H24N2OS2. The molecule has 0 spiro atoms. The smallest absolute Gasteiger partial charge is 0.111 e. The summed E-state index contributed by atoms with van der Waals surface area (Å²) in [7, 11) is -0.659. The molecule has 0 amide bonds. The maximum absolute atomic E-state index is 12.1. The minimum absolute atomic E-state index is 0.260. The van der Waals surface area contributed by atoms with Crippen molar-refractivity contribution < 1.29 is 4.21 Å². The van der Waals surface area contributed by atoms with Gasteiger partial charge in [0.15, 0.2) is 0 Å². The monoisotopic (exact) mass is 336 g/mol. The number of benzene rings is 1. The van der Waals surface area contributed by atoms with E-state index in [-0.39, 0.29) is 6.04 Å². The van der Waals surface area contributed by atoms with Crippen molar-refractivity contribution >= 4 is 32.4 Å². The summed E-state index contributed by atoms with van der Waals surface area (Å²) in [5.41, 5.74) is 1.09. The number of aromatic nitrogens is 1. The predicted octanol–water partition coefficient (Wildman–Crippen LogP) is 4.03. The van der Waals surface area contributed by atoms with Gasteiger partial charge in [-0.3, -0.25) is 4.21 Å². The van der Waals surface area contributed by atoms with Gasteiger partial charge in [-0.15, -0.1) is 11.3 Å². The van der Waals surface area contributed by atoms with Gasteiger partial charge in [0.1, 0.15) is 5.01 Å². The molecule has 1 N–H and O–H groups in total. The molecule has 1 fully saturated rings. The van der Waals surface area contributed by atoms with Crippen molar-refractivity contribution in [2.24, 2.45) is 0 Å². The lowest BCUT2D eigenvalue weighted by Crippen LogP contribution is -2.39. The van der Waals surface area contributed by atoms with E-state index in [1.54, 1.807) is 11.3 Å². The van der Waals surface area contributed by atoms with Crippen LogP contribution in [0, 0.1) is 0 Å². The van der Waals surface area contributed by atoms with Gasteiger partial charge in [0.25, 0.3) is 0 Å². The molecule has 0 unspecified atom stereocenters. The molecule has 22 heavy (non-hydrogen) atoms. The molecule has 4 atom stereocenters. The quantitative estimate of drug-likeness (QED) is 0.896. The first kappa shape index (κ1) is 16.1. The van der Waals surface area contributed by atoms with E-state index in [1.165, 1.54) is 17.5 Å². The molecule has 5 heteroatoms. The zero-order chi connectivity index (χ0) is 15.5. The average Bonchev–Trinajstić information content (AvgIpc) is 2.98. The highest BCUT2D eigenvalue weighted by molar-refractivity contribution is 7.85. The number of rotatable bonds is 5. The van der Waals surface area contributed by atoms with Crippen molar-refractivity contribution in [3.8, 4) is 0 Å². The lowest BCUT2D eigenvalue weighted by atomic mass is 9.94. The van der Waals surface area contributed by atoms with Gasteiger partial charge < -0.3 is 5.32 Å². The molecule has 0 saturated heterocycles. The van der Waals surface area contributed by atoms with Crippen LogP contribution in [0.25, 0.3) is 10.2 Å². The fourth-order valence-corrected chi connectivity index (χ4v) is 5.60. The Morgan fingerprint density at radius 1 is 1.41 bits per heavy atom. The van der Waals surface area contributed by atoms with E-state index in [2.05, 4.69) is 30.4 Å². The van der Waals surface area contributed by atoms with E-state index in [1.807, 2.05) is 13.0 Å². The highest BCUT2D eigenvalue weighted by Crippen LogP contribution is 2.29. The average molecular weight is 337 g/mol. The van der Waals surface area contributed by atoms with Gasteiger partial charge in [-0.2, -0.15) is 0 Å². The SMILES string of the molecule is CC[S@@](=O)[C@@H]1CCC[C@H](N[C@@H](C)c2nc3ccccc3s2)C1. The molecule has 1 aliphatic carbocycles. The van der Waals surface area contributed by atoms with Crippen molar-refractivity contribution in [3.05, 3.63) is 29.3 Å². The van der Waals surface area contributed by atoms with Crippen molar-refractivity contribution in [3.63, 3.8) is 0 Å². The Morgan fingerprint density at radius 2 is 2.23 bits per heavy atom. The molecule has 0 bridgehead atoms. The molecule has 0 aliphatic heterocycles. The third-order valence-corrected chi connectivity index (χ3v) is 7.41. The zero-order valence-corrected chi connectivity index (χ0v) is 14.9. The number of fused-ring (bicyclic) bond motifs is 1. The Labute approximate surface area is 139 Å². The highest BCUT2D eigenvalue weighted by atomic mass is 32.2. The van der Waals surface area contributed by atoms with Crippen LogP contribution in [0.1, 0.15) is 50.6 Å². The van der Waals surface area contributed by atoms with E-state index in [4.69, 9.17) is 4.98 Å². The number of hydrogen-bond donors (Lipinski definition) is 1. The van der Waals surface area contributed by atoms with Gasteiger partial charge in [-0.25, -0.2) is 4.98 Å². The number of hydrogen-bond acceptors (Lipinski definition) is 4. The summed E-state index contributed by atoms with van der Waals surface area (Å²) < 4.78 is 13.3. The Hall–Kier alpha value is -0.780. The summed E-state index contributed by atoms with van der Waals surface area (Å²) in [4.78, 5) is 4.74. The topological polar surface area (TPSA) is 42.0 Å². The third-order valence-electron chi connectivity index (χ3n) is 4.45. The highest BCUT2D eigenvalue weighted by Gasteiger charge is 2.27. The number of para-hydroxylation sites is 1. The summed E-state index contributed by atoms with van der Waals surface area (Å²) in [5, 5.41) is 5.25. The molecule has 1 heterocycles. The van der Waals surface area contributed by atoms with Crippen LogP contribution in [0.4, 0.5) is 0 Å². The Balaban J connectivity index is 1.65. The Morgan fingerprint density at radius 3 is 3.00 bits per heavy atom. The van der Waals surface area contributed by atoms with E-state index in [9.17, 15) is 4.21 Å². The molecule has 3 rings (SSSR count). The van der Waals surface area contributed by atoms with Gasteiger partial charge in [0.05, 0.1) is 16.3 Å². The first-order valence-corrected chi connectivity index (χ1v) is 10.4. The van der Waals surface area contributed by atoms with Gasteiger partial charge >= 0.3 is 0 Å². The molecule has 3 nitrogen and oxygen atoms in total. The van der Waals surface area contributed by atoms with Gasteiger partial charge in [-0.05, 0) is 38.3 Å². The zero-order valence-electron chi connectivity index (χ0n) is 13.2. The lowest BCUT2D eigenvalue weighted by molar-refractivity contribution is 0.350. The fourth-order valence-electron chi connectivity index (χ4n) is 3.27. The third kappa shape index (κ3) is 3.58. The van der Waals surface area contributed by atoms with Crippen LogP contribution in [0.2, 0.25) is 0 Å². The molecule has 1 aromatic carbocycles. The lowest BCUT2D eigenvalue weighted by Gasteiger charge is -2.30. The van der Waals surface area contributed by atoms with Gasteiger partial charge in [0.2, 0.25) is 0 Å². The summed E-state index contributed by atoms with van der Waals surface area (Å²) in [6.07, 6.45) is 4.52. The Bertz CT molecular complexity index is 622. The van der Waals surface area contributed by atoms with E-state index in [0.29, 0.717) is 11.3 Å². The number of nitrogens with one attached hydrogen (secondary N) is 1. The van der Waals surface area contributed by atoms with Crippen LogP contribution in [0.3, 0.4) is 0 Å². The number of nitrogens with zero attached hydrogens (tertiary/aromatic N) is 1.